The SMILES string of the molecule is CC(CO)NC(=O)Nc1ccc(Cc2nc3c(c(C(C)C)nn3-c3c(Cl)cc(Cl)cc3Cl)c(=O)[nH]2)cc1. The molecule has 0 bridgehead atoms. The van der Waals surface area contributed by atoms with Crippen LogP contribution in [0.3, 0.4) is 0 Å². The number of rotatable bonds is 7. The van der Waals surface area contributed by atoms with Crippen molar-refractivity contribution in [1.29, 1.82) is 0 Å². The van der Waals surface area contributed by atoms with Gasteiger partial charge in [0.1, 0.15) is 16.9 Å². The summed E-state index contributed by atoms with van der Waals surface area (Å²) < 4.78 is 1.49. The highest BCUT2D eigenvalue weighted by Gasteiger charge is 2.23. The predicted molar refractivity (Wildman–Crippen MR) is 147 cm³/mol. The van der Waals surface area contributed by atoms with E-state index in [1.807, 2.05) is 26.0 Å². The Morgan fingerprint density at radius 3 is 2.35 bits per heavy atom. The number of anilines is 1. The lowest BCUT2D eigenvalue weighted by atomic mass is 10.1. The number of aliphatic hydroxyl groups is 1. The van der Waals surface area contributed by atoms with Gasteiger partial charge in [-0.1, -0.05) is 60.8 Å². The van der Waals surface area contributed by atoms with Crippen molar-refractivity contribution in [1.82, 2.24) is 25.1 Å². The van der Waals surface area contributed by atoms with Gasteiger partial charge in [-0.3, -0.25) is 4.79 Å². The van der Waals surface area contributed by atoms with Gasteiger partial charge in [0, 0.05) is 17.1 Å². The van der Waals surface area contributed by atoms with Gasteiger partial charge in [-0.25, -0.2) is 14.5 Å². The summed E-state index contributed by atoms with van der Waals surface area (Å²) in [6.45, 7) is 5.41. The average Bonchev–Trinajstić information content (AvgIpc) is 3.19. The number of hydrogen-bond donors (Lipinski definition) is 4. The average molecular weight is 564 g/mol. The van der Waals surface area contributed by atoms with Gasteiger partial charge in [-0.2, -0.15) is 5.10 Å². The molecule has 4 N–H and O–H groups in total. The summed E-state index contributed by atoms with van der Waals surface area (Å²) in [4.78, 5) is 32.7. The van der Waals surface area contributed by atoms with E-state index in [0.717, 1.165) is 5.56 Å². The van der Waals surface area contributed by atoms with Crippen molar-refractivity contribution in [3.63, 3.8) is 0 Å². The molecule has 9 nitrogen and oxygen atoms in total. The minimum absolute atomic E-state index is 0.0556. The zero-order chi connectivity index (χ0) is 26.9. The molecule has 0 radical (unpaired) electrons. The third-order valence-corrected chi connectivity index (χ3v) is 6.38. The molecule has 0 aliphatic carbocycles. The Hall–Kier alpha value is -3.11. The number of fused-ring (bicyclic) bond motifs is 1. The lowest BCUT2D eigenvalue weighted by Crippen LogP contribution is -2.38. The number of aromatic amines is 1. The second-order valence-corrected chi connectivity index (χ2v) is 10.2. The van der Waals surface area contributed by atoms with E-state index in [0.29, 0.717) is 45.4 Å². The molecule has 2 amide bonds. The number of carbonyl (C=O) groups is 1. The molecule has 0 spiro atoms. The van der Waals surface area contributed by atoms with Gasteiger partial charge in [-0.15, -0.1) is 0 Å². The molecule has 2 heterocycles. The summed E-state index contributed by atoms with van der Waals surface area (Å²) in [5, 5.41) is 20.3. The number of hydrogen-bond acceptors (Lipinski definition) is 5. The molecule has 2 aromatic heterocycles. The number of H-pyrrole nitrogens is 1. The lowest BCUT2D eigenvalue weighted by Gasteiger charge is -2.12. The summed E-state index contributed by atoms with van der Waals surface area (Å²) in [5.74, 6) is 0.366. The van der Waals surface area contributed by atoms with E-state index >= 15 is 0 Å². The van der Waals surface area contributed by atoms with Crippen LogP contribution in [-0.4, -0.2) is 43.5 Å². The lowest BCUT2D eigenvalue weighted by molar-refractivity contribution is 0.229. The second kappa shape index (κ2) is 11.1. The fourth-order valence-corrected chi connectivity index (χ4v) is 4.79. The summed E-state index contributed by atoms with van der Waals surface area (Å²) in [6.07, 6.45) is 0.323. The van der Waals surface area contributed by atoms with Gasteiger partial charge < -0.3 is 20.7 Å². The van der Waals surface area contributed by atoms with Gasteiger partial charge >= 0.3 is 6.03 Å². The van der Waals surface area contributed by atoms with Crippen LogP contribution in [-0.2, 0) is 6.42 Å². The number of halogens is 3. The Labute approximate surface area is 227 Å². The van der Waals surface area contributed by atoms with Crippen LogP contribution < -0.4 is 16.2 Å². The fraction of sp³-hybridized carbons (Fsp3) is 0.280. The van der Waals surface area contributed by atoms with Crippen LogP contribution in [0.4, 0.5) is 10.5 Å². The van der Waals surface area contributed by atoms with Crippen molar-refractivity contribution in [3.8, 4) is 5.69 Å². The van der Waals surface area contributed by atoms with Gasteiger partial charge in [0.25, 0.3) is 5.56 Å². The van der Waals surface area contributed by atoms with Crippen LogP contribution >= 0.6 is 34.8 Å². The number of aliphatic hydroxyl groups excluding tert-OH is 1. The van der Waals surface area contributed by atoms with Gasteiger partial charge in [-0.05, 0) is 42.7 Å². The Morgan fingerprint density at radius 2 is 1.76 bits per heavy atom. The monoisotopic (exact) mass is 562 g/mol. The highest BCUT2D eigenvalue weighted by Crippen LogP contribution is 2.34. The Kier molecular flexibility index (Phi) is 8.08. The van der Waals surface area contributed by atoms with E-state index in [-0.39, 0.29) is 34.2 Å². The maximum absolute atomic E-state index is 13.2. The molecule has 1 unspecified atom stereocenters. The highest BCUT2D eigenvalue weighted by molar-refractivity contribution is 6.40. The molecular formula is C25H25Cl3N6O3. The van der Waals surface area contributed by atoms with Crippen molar-refractivity contribution in [3.05, 3.63) is 78.9 Å². The minimum Gasteiger partial charge on any atom is -0.394 e. The molecule has 2 aromatic carbocycles. The third-order valence-electron chi connectivity index (χ3n) is 5.59. The molecule has 4 rings (SSSR count). The quantitative estimate of drug-likeness (QED) is 0.243. The predicted octanol–water partition coefficient (Wildman–Crippen LogP) is 5.29. The number of benzene rings is 2. The summed E-state index contributed by atoms with van der Waals surface area (Å²) in [5.41, 5.74) is 2.41. The number of aromatic nitrogens is 4. The number of carbonyl (C=O) groups excluding carboxylic acids is 1. The van der Waals surface area contributed by atoms with Crippen molar-refractivity contribution in [2.75, 3.05) is 11.9 Å². The Balaban J connectivity index is 1.69. The van der Waals surface area contributed by atoms with Crippen LogP contribution in [0.2, 0.25) is 15.1 Å². The molecule has 12 heteroatoms. The van der Waals surface area contributed by atoms with Gasteiger partial charge in [0.15, 0.2) is 5.65 Å². The van der Waals surface area contributed by atoms with E-state index in [4.69, 9.17) is 44.9 Å². The first-order valence-corrected chi connectivity index (χ1v) is 12.6. The summed E-state index contributed by atoms with van der Waals surface area (Å²) in [7, 11) is 0. The summed E-state index contributed by atoms with van der Waals surface area (Å²) >= 11 is 19.0. The number of amides is 2. The molecule has 37 heavy (non-hydrogen) atoms. The molecular weight excluding hydrogens is 539 g/mol. The molecule has 1 atom stereocenters. The number of nitrogens with one attached hydrogen (secondary N) is 3. The first-order valence-electron chi connectivity index (χ1n) is 11.5. The van der Waals surface area contributed by atoms with Crippen LogP contribution in [0.1, 0.15) is 43.8 Å². The first kappa shape index (κ1) is 26.9. The second-order valence-electron chi connectivity index (χ2n) is 8.94. The van der Waals surface area contributed by atoms with Crippen LogP contribution in [0.25, 0.3) is 16.7 Å². The third kappa shape index (κ3) is 5.91. The van der Waals surface area contributed by atoms with Crippen molar-refractivity contribution >= 4 is 57.6 Å². The number of urea groups is 1. The molecule has 4 aromatic rings. The van der Waals surface area contributed by atoms with E-state index in [9.17, 15) is 9.59 Å². The Morgan fingerprint density at radius 1 is 1.11 bits per heavy atom. The Bertz CT molecular complexity index is 1490. The zero-order valence-electron chi connectivity index (χ0n) is 20.3. The largest absolute Gasteiger partial charge is 0.394 e. The first-order chi connectivity index (χ1) is 17.6. The van der Waals surface area contributed by atoms with Gasteiger partial charge in [0.05, 0.1) is 28.4 Å². The fourth-order valence-electron chi connectivity index (χ4n) is 3.81. The van der Waals surface area contributed by atoms with E-state index < -0.39 is 6.03 Å². The maximum atomic E-state index is 13.2. The van der Waals surface area contributed by atoms with Gasteiger partial charge in [0.2, 0.25) is 0 Å². The van der Waals surface area contributed by atoms with Crippen molar-refractivity contribution in [2.24, 2.45) is 0 Å². The van der Waals surface area contributed by atoms with E-state index in [2.05, 4.69) is 20.7 Å². The molecule has 0 saturated carbocycles. The topological polar surface area (TPSA) is 125 Å². The molecule has 0 aliphatic heterocycles. The van der Waals surface area contributed by atoms with Crippen molar-refractivity contribution < 1.29 is 9.90 Å². The standard InChI is InChI=1S/C25H25Cl3N6O3/c1-12(2)21-20-23(34(33-21)22-17(27)9-15(26)10-18(22)28)31-19(32-24(20)36)8-14-4-6-16(7-5-14)30-25(37)29-13(3)11-35/h4-7,9-10,12-13,35H,8,11H2,1-3H3,(H2,29,30,37)(H,31,32,36). The normalized spacial score (nSPS) is 12.2. The van der Waals surface area contributed by atoms with Crippen LogP contribution in [0.15, 0.2) is 41.2 Å². The van der Waals surface area contributed by atoms with E-state index in [1.165, 1.54) is 4.68 Å². The molecule has 194 valence electrons. The number of nitrogens with zero attached hydrogens (tertiary/aromatic N) is 3. The van der Waals surface area contributed by atoms with Crippen molar-refractivity contribution in [2.45, 2.75) is 39.2 Å². The van der Waals surface area contributed by atoms with Crippen LogP contribution in [0, 0.1) is 0 Å². The van der Waals surface area contributed by atoms with E-state index in [1.54, 1.807) is 31.2 Å². The molecule has 0 fully saturated rings. The molecule has 0 saturated heterocycles. The minimum atomic E-state index is -0.417. The smallest absolute Gasteiger partial charge is 0.319 e. The highest BCUT2D eigenvalue weighted by atomic mass is 35.5. The molecule has 0 aliphatic rings. The zero-order valence-corrected chi connectivity index (χ0v) is 22.5. The van der Waals surface area contributed by atoms with Crippen LogP contribution in [0.5, 0.6) is 0 Å². The summed E-state index contributed by atoms with van der Waals surface area (Å²) in [6, 6.07) is 9.45. The maximum Gasteiger partial charge on any atom is 0.319 e.